The average molecular weight is 137 g/mol. The van der Waals surface area contributed by atoms with E-state index in [4.69, 9.17) is 0 Å². The standard InChI is InChI=1S/C6H4FN3/c7-6-9-4-2-1-3-8-5(4)10-6/h1-3H,(H,8,9,10). The highest BCUT2D eigenvalue weighted by Crippen LogP contribution is 2.04. The molecule has 0 amide bonds. The molecule has 2 rings (SSSR count). The minimum absolute atomic E-state index is 0.417. The van der Waals surface area contributed by atoms with Crippen LogP contribution >= 0.6 is 0 Å². The zero-order valence-corrected chi connectivity index (χ0v) is 5.00. The zero-order valence-electron chi connectivity index (χ0n) is 5.00. The van der Waals surface area contributed by atoms with Crippen LogP contribution in [0.25, 0.3) is 11.2 Å². The third-order valence-corrected chi connectivity index (χ3v) is 1.23. The molecule has 1 N–H and O–H groups in total. The highest BCUT2D eigenvalue weighted by molar-refractivity contribution is 5.68. The number of rotatable bonds is 0. The van der Waals surface area contributed by atoms with Crippen LogP contribution in [0.1, 0.15) is 0 Å². The molecule has 50 valence electrons. The van der Waals surface area contributed by atoms with Gasteiger partial charge in [-0.15, -0.1) is 0 Å². The van der Waals surface area contributed by atoms with Crippen molar-refractivity contribution in [1.29, 1.82) is 0 Å². The molecule has 0 fully saturated rings. The third-order valence-electron chi connectivity index (χ3n) is 1.23. The van der Waals surface area contributed by atoms with Gasteiger partial charge in [-0.25, -0.2) is 4.98 Å². The number of fused-ring (bicyclic) bond motifs is 1. The molecule has 0 aliphatic carbocycles. The summed E-state index contributed by atoms with van der Waals surface area (Å²) in [5.74, 6) is 0. The summed E-state index contributed by atoms with van der Waals surface area (Å²) < 4.78 is 12.3. The van der Waals surface area contributed by atoms with Crippen LogP contribution < -0.4 is 0 Å². The molecular weight excluding hydrogens is 133 g/mol. The first-order chi connectivity index (χ1) is 4.86. The summed E-state index contributed by atoms with van der Waals surface area (Å²) in [4.78, 5) is 9.72. The van der Waals surface area contributed by atoms with E-state index in [1.165, 1.54) is 0 Å². The second-order valence-electron chi connectivity index (χ2n) is 1.90. The molecular formula is C6H4FN3. The molecule has 0 spiro atoms. The quantitative estimate of drug-likeness (QED) is 0.590. The number of aromatic nitrogens is 3. The number of nitrogens with one attached hydrogen (secondary N) is 1. The number of hydrogen-bond acceptors (Lipinski definition) is 2. The maximum Gasteiger partial charge on any atom is 0.289 e. The number of nitrogens with zero attached hydrogens (tertiary/aromatic N) is 2. The molecule has 0 aromatic carbocycles. The lowest BCUT2D eigenvalue weighted by Crippen LogP contribution is -1.72. The third kappa shape index (κ3) is 0.655. The van der Waals surface area contributed by atoms with E-state index in [-0.39, 0.29) is 0 Å². The van der Waals surface area contributed by atoms with E-state index < -0.39 is 6.08 Å². The van der Waals surface area contributed by atoms with E-state index in [1.807, 2.05) is 0 Å². The topological polar surface area (TPSA) is 41.6 Å². The van der Waals surface area contributed by atoms with Crippen molar-refractivity contribution in [2.24, 2.45) is 0 Å². The van der Waals surface area contributed by atoms with Gasteiger partial charge in [-0.3, -0.25) is 0 Å². The Hall–Kier alpha value is -1.45. The molecule has 0 unspecified atom stereocenters. The lowest BCUT2D eigenvalue weighted by atomic mass is 10.4. The van der Waals surface area contributed by atoms with Gasteiger partial charge in [0.25, 0.3) is 6.08 Å². The molecule has 3 nitrogen and oxygen atoms in total. The minimum atomic E-state index is -0.589. The molecule has 4 heteroatoms. The van der Waals surface area contributed by atoms with Gasteiger partial charge in [-0.2, -0.15) is 9.37 Å². The van der Waals surface area contributed by atoms with Crippen molar-refractivity contribution in [3.05, 3.63) is 24.4 Å². The largest absolute Gasteiger partial charge is 0.313 e. The van der Waals surface area contributed by atoms with Crippen LogP contribution in [0.2, 0.25) is 0 Å². The Morgan fingerprint density at radius 1 is 1.50 bits per heavy atom. The van der Waals surface area contributed by atoms with Gasteiger partial charge >= 0.3 is 0 Å². The molecule has 0 bridgehead atoms. The second kappa shape index (κ2) is 1.76. The Bertz CT molecular complexity index is 322. The number of imidazole rings is 1. The van der Waals surface area contributed by atoms with Gasteiger partial charge in [0.05, 0.1) is 5.52 Å². The lowest BCUT2D eigenvalue weighted by Gasteiger charge is -1.80. The summed E-state index contributed by atoms with van der Waals surface area (Å²) in [6, 6.07) is 3.44. The molecule has 0 aliphatic heterocycles. The highest BCUT2D eigenvalue weighted by atomic mass is 19.1. The normalized spacial score (nSPS) is 10.5. The smallest absolute Gasteiger partial charge is 0.289 e. The molecule has 0 radical (unpaired) electrons. The molecule has 2 aromatic heterocycles. The molecule has 10 heavy (non-hydrogen) atoms. The van der Waals surface area contributed by atoms with Crippen LogP contribution in [0.15, 0.2) is 18.3 Å². The number of H-pyrrole nitrogens is 1. The fraction of sp³-hybridized carbons (Fsp3) is 0. The highest BCUT2D eigenvalue weighted by Gasteiger charge is 1.98. The Morgan fingerprint density at radius 3 is 3.20 bits per heavy atom. The van der Waals surface area contributed by atoms with E-state index >= 15 is 0 Å². The predicted octanol–water partition coefficient (Wildman–Crippen LogP) is 1.10. The number of halogens is 1. The summed E-state index contributed by atoms with van der Waals surface area (Å²) >= 11 is 0. The zero-order chi connectivity index (χ0) is 6.97. The van der Waals surface area contributed by atoms with E-state index in [9.17, 15) is 4.39 Å². The SMILES string of the molecule is Fc1nc2ncccc2[nH]1. The minimum Gasteiger partial charge on any atom is -0.313 e. The fourth-order valence-electron chi connectivity index (χ4n) is 0.816. The first kappa shape index (κ1) is 5.34. The van der Waals surface area contributed by atoms with Crippen LogP contribution in [0.4, 0.5) is 4.39 Å². The summed E-state index contributed by atoms with van der Waals surface area (Å²) in [5.41, 5.74) is 1.04. The maximum atomic E-state index is 12.3. The van der Waals surface area contributed by atoms with Gasteiger partial charge in [-0.05, 0) is 12.1 Å². The van der Waals surface area contributed by atoms with Crippen molar-refractivity contribution in [3.8, 4) is 0 Å². The van der Waals surface area contributed by atoms with Crippen LogP contribution in [0.5, 0.6) is 0 Å². The monoisotopic (exact) mass is 137 g/mol. The first-order valence-corrected chi connectivity index (χ1v) is 2.82. The number of aromatic amines is 1. The molecule has 2 aromatic rings. The van der Waals surface area contributed by atoms with Crippen LogP contribution in [-0.4, -0.2) is 15.0 Å². The van der Waals surface area contributed by atoms with Crippen molar-refractivity contribution in [2.75, 3.05) is 0 Å². The fourth-order valence-corrected chi connectivity index (χ4v) is 0.816. The van der Waals surface area contributed by atoms with Crippen molar-refractivity contribution in [1.82, 2.24) is 15.0 Å². The number of hydrogen-bond donors (Lipinski definition) is 1. The van der Waals surface area contributed by atoms with Crippen molar-refractivity contribution in [2.45, 2.75) is 0 Å². The molecule has 2 heterocycles. The Balaban J connectivity index is 2.88. The van der Waals surface area contributed by atoms with Gasteiger partial charge in [-0.1, -0.05) is 0 Å². The van der Waals surface area contributed by atoms with Crippen molar-refractivity contribution < 1.29 is 4.39 Å². The van der Waals surface area contributed by atoms with Gasteiger partial charge in [0, 0.05) is 6.20 Å². The Labute approximate surface area is 55.9 Å². The average Bonchev–Trinajstić information content (AvgIpc) is 2.27. The van der Waals surface area contributed by atoms with E-state index in [0.717, 1.165) is 0 Å². The second-order valence-corrected chi connectivity index (χ2v) is 1.90. The van der Waals surface area contributed by atoms with E-state index in [2.05, 4.69) is 15.0 Å². The summed E-state index contributed by atoms with van der Waals surface area (Å²) in [7, 11) is 0. The van der Waals surface area contributed by atoms with Crippen molar-refractivity contribution in [3.63, 3.8) is 0 Å². The Morgan fingerprint density at radius 2 is 2.40 bits per heavy atom. The van der Waals surface area contributed by atoms with Crippen LogP contribution in [0.3, 0.4) is 0 Å². The summed E-state index contributed by atoms with van der Waals surface area (Å²) in [6.07, 6.45) is 0.983. The molecule has 0 saturated heterocycles. The van der Waals surface area contributed by atoms with Gasteiger partial charge in [0.1, 0.15) is 0 Å². The molecule has 0 atom stereocenters. The van der Waals surface area contributed by atoms with Gasteiger partial charge in [0.15, 0.2) is 5.65 Å². The van der Waals surface area contributed by atoms with E-state index in [1.54, 1.807) is 18.3 Å². The predicted molar refractivity (Wildman–Crippen MR) is 33.8 cm³/mol. The first-order valence-electron chi connectivity index (χ1n) is 2.82. The van der Waals surface area contributed by atoms with Crippen LogP contribution in [0, 0.1) is 6.08 Å². The lowest BCUT2D eigenvalue weighted by molar-refractivity contribution is 0.556. The van der Waals surface area contributed by atoms with Gasteiger partial charge in [0.2, 0.25) is 0 Å². The summed E-state index contributed by atoms with van der Waals surface area (Å²) in [6.45, 7) is 0. The number of pyridine rings is 1. The maximum absolute atomic E-state index is 12.3. The van der Waals surface area contributed by atoms with Crippen molar-refractivity contribution >= 4 is 11.2 Å². The Kier molecular flexibility index (Phi) is 0.943. The summed E-state index contributed by atoms with van der Waals surface area (Å²) in [5, 5.41) is 0. The molecule has 0 aliphatic rings. The van der Waals surface area contributed by atoms with Gasteiger partial charge < -0.3 is 4.98 Å². The van der Waals surface area contributed by atoms with Crippen LogP contribution in [-0.2, 0) is 0 Å². The van der Waals surface area contributed by atoms with E-state index in [0.29, 0.717) is 11.2 Å². The molecule has 0 saturated carbocycles.